The zero-order valence-corrected chi connectivity index (χ0v) is 11.9. The largest absolute Gasteiger partial charge is 0.309 e. The maximum Gasteiger partial charge on any atom is 0.0679 e. The first-order chi connectivity index (χ1) is 9.15. The van der Waals surface area contributed by atoms with Crippen molar-refractivity contribution in [1.82, 2.24) is 20.5 Å². The third kappa shape index (κ3) is 2.96. The van der Waals surface area contributed by atoms with Crippen LogP contribution in [0.2, 0.25) is 0 Å². The van der Waals surface area contributed by atoms with E-state index in [0.29, 0.717) is 0 Å². The average molecular weight is 256 g/mol. The van der Waals surface area contributed by atoms with Crippen LogP contribution >= 0.6 is 0 Å². The van der Waals surface area contributed by atoms with E-state index in [9.17, 15) is 0 Å². The number of nitrogens with zero attached hydrogens (tertiary/aromatic N) is 3. The summed E-state index contributed by atoms with van der Waals surface area (Å²) in [4.78, 5) is 4.28. The SMILES string of the molecule is CCc1nnc(C)cc1C(NC)c1cncc(C)c1. The fourth-order valence-electron chi connectivity index (χ4n) is 2.30. The van der Waals surface area contributed by atoms with E-state index in [2.05, 4.69) is 46.5 Å². The Labute approximate surface area is 114 Å². The summed E-state index contributed by atoms with van der Waals surface area (Å²) in [5.74, 6) is 0. The molecule has 1 N–H and O–H groups in total. The number of hydrogen-bond acceptors (Lipinski definition) is 4. The van der Waals surface area contributed by atoms with Crippen molar-refractivity contribution in [3.8, 4) is 0 Å². The smallest absolute Gasteiger partial charge is 0.0679 e. The Morgan fingerprint density at radius 2 is 1.95 bits per heavy atom. The summed E-state index contributed by atoms with van der Waals surface area (Å²) in [6, 6.07) is 4.37. The van der Waals surface area contributed by atoms with Gasteiger partial charge in [0.05, 0.1) is 17.4 Å². The Bertz CT molecular complexity index is 566. The molecule has 2 heterocycles. The van der Waals surface area contributed by atoms with E-state index in [1.54, 1.807) is 0 Å². The third-order valence-corrected chi connectivity index (χ3v) is 3.19. The molecule has 0 saturated carbocycles. The van der Waals surface area contributed by atoms with Crippen molar-refractivity contribution in [2.45, 2.75) is 33.2 Å². The molecule has 0 radical (unpaired) electrons. The molecule has 0 bridgehead atoms. The summed E-state index contributed by atoms with van der Waals surface area (Å²) >= 11 is 0. The lowest BCUT2D eigenvalue weighted by Gasteiger charge is -2.19. The number of rotatable bonds is 4. The van der Waals surface area contributed by atoms with Gasteiger partial charge in [-0.1, -0.05) is 13.0 Å². The molecule has 4 nitrogen and oxygen atoms in total. The van der Waals surface area contributed by atoms with E-state index in [0.717, 1.165) is 28.9 Å². The minimum Gasteiger partial charge on any atom is -0.309 e. The number of nitrogens with one attached hydrogen (secondary N) is 1. The summed E-state index contributed by atoms with van der Waals surface area (Å²) in [7, 11) is 1.96. The van der Waals surface area contributed by atoms with Crippen LogP contribution in [0.5, 0.6) is 0 Å². The minimum absolute atomic E-state index is 0.108. The number of aromatic nitrogens is 3. The van der Waals surface area contributed by atoms with E-state index in [1.165, 1.54) is 5.56 Å². The summed E-state index contributed by atoms with van der Waals surface area (Å²) < 4.78 is 0. The molecule has 0 aliphatic heterocycles. The fraction of sp³-hybridized carbons (Fsp3) is 0.400. The molecule has 1 atom stereocenters. The number of hydrogen-bond donors (Lipinski definition) is 1. The molecule has 0 fully saturated rings. The van der Waals surface area contributed by atoms with Crippen LogP contribution in [0, 0.1) is 13.8 Å². The van der Waals surface area contributed by atoms with Crippen LogP contribution in [-0.2, 0) is 6.42 Å². The van der Waals surface area contributed by atoms with Crippen molar-refractivity contribution in [3.63, 3.8) is 0 Å². The van der Waals surface area contributed by atoms with Crippen molar-refractivity contribution in [3.05, 3.63) is 52.6 Å². The van der Waals surface area contributed by atoms with Gasteiger partial charge in [-0.25, -0.2) is 0 Å². The predicted molar refractivity (Wildman–Crippen MR) is 76.0 cm³/mol. The molecule has 0 aromatic carbocycles. The van der Waals surface area contributed by atoms with Gasteiger partial charge in [-0.2, -0.15) is 10.2 Å². The van der Waals surface area contributed by atoms with E-state index in [-0.39, 0.29) is 6.04 Å². The first kappa shape index (κ1) is 13.6. The van der Waals surface area contributed by atoms with E-state index in [4.69, 9.17) is 0 Å². The van der Waals surface area contributed by atoms with Crippen LogP contribution in [-0.4, -0.2) is 22.2 Å². The molecule has 4 heteroatoms. The van der Waals surface area contributed by atoms with Gasteiger partial charge >= 0.3 is 0 Å². The standard InChI is InChI=1S/C15H20N4/c1-5-14-13(7-11(3)18-19-14)15(16-4)12-6-10(2)8-17-9-12/h6-9,15-16H,5H2,1-4H3. The Kier molecular flexibility index (Phi) is 4.22. The molecule has 19 heavy (non-hydrogen) atoms. The molecule has 2 rings (SSSR count). The summed E-state index contributed by atoms with van der Waals surface area (Å²) in [6.45, 7) is 6.13. The van der Waals surface area contributed by atoms with E-state index < -0.39 is 0 Å². The van der Waals surface area contributed by atoms with Crippen LogP contribution < -0.4 is 5.32 Å². The topological polar surface area (TPSA) is 50.7 Å². The molecule has 100 valence electrons. The molecule has 0 aliphatic carbocycles. The van der Waals surface area contributed by atoms with Crippen molar-refractivity contribution in [2.75, 3.05) is 7.05 Å². The maximum atomic E-state index is 4.30. The first-order valence-electron chi connectivity index (χ1n) is 6.57. The van der Waals surface area contributed by atoms with Crippen LogP contribution in [0.1, 0.15) is 41.0 Å². The van der Waals surface area contributed by atoms with Crippen molar-refractivity contribution >= 4 is 0 Å². The van der Waals surface area contributed by atoms with Gasteiger partial charge in [-0.3, -0.25) is 4.98 Å². The quantitative estimate of drug-likeness (QED) is 0.912. The van der Waals surface area contributed by atoms with Gasteiger partial charge in [-0.05, 0) is 50.1 Å². The second-order valence-corrected chi connectivity index (χ2v) is 4.76. The molecule has 1 unspecified atom stereocenters. The van der Waals surface area contributed by atoms with Crippen molar-refractivity contribution in [2.24, 2.45) is 0 Å². The zero-order chi connectivity index (χ0) is 13.8. The van der Waals surface area contributed by atoms with Gasteiger partial charge in [0.1, 0.15) is 0 Å². The van der Waals surface area contributed by atoms with E-state index >= 15 is 0 Å². The monoisotopic (exact) mass is 256 g/mol. The second kappa shape index (κ2) is 5.89. The summed E-state index contributed by atoms with van der Waals surface area (Å²) in [5, 5.41) is 11.8. The third-order valence-electron chi connectivity index (χ3n) is 3.19. The molecule has 0 amide bonds. The zero-order valence-electron chi connectivity index (χ0n) is 11.9. The summed E-state index contributed by atoms with van der Waals surface area (Å²) in [6.07, 6.45) is 4.65. The molecule has 2 aromatic rings. The molecule has 0 saturated heterocycles. The number of pyridine rings is 1. The van der Waals surface area contributed by atoms with Crippen molar-refractivity contribution in [1.29, 1.82) is 0 Å². The van der Waals surface area contributed by atoms with Gasteiger partial charge in [0, 0.05) is 12.4 Å². The van der Waals surface area contributed by atoms with Crippen LogP contribution in [0.3, 0.4) is 0 Å². The Morgan fingerprint density at radius 1 is 1.16 bits per heavy atom. The Balaban J connectivity index is 2.50. The van der Waals surface area contributed by atoms with Gasteiger partial charge in [-0.15, -0.1) is 0 Å². The highest BCUT2D eigenvalue weighted by Crippen LogP contribution is 2.24. The first-order valence-corrected chi connectivity index (χ1v) is 6.57. The molecular weight excluding hydrogens is 236 g/mol. The van der Waals surface area contributed by atoms with Gasteiger partial charge in [0.15, 0.2) is 0 Å². The van der Waals surface area contributed by atoms with Gasteiger partial charge in [0.2, 0.25) is 0 Å². The van der Waals surface area contributed by atoms with Gasteiger partial charge < -0.3 is 5.32 Å². The highest BCUT2D eigenvalue weighted by molar-refractivity contribution is 5.34. The predicted octanol–water partition coefficient (Wildman–Crippen LogP) is 2.36. The lowest BCUT2D eigenvalue weighted by Crippen LogP contribution is -2.20. The Hall–Kier alpha value is -1.81. The summed E-state index contributed by atoms with van der Waals surface area (Å²) in [5.41, 5.74) is 5.48. The van der Waals surface area contributed by atoms with Crippen LogP contribution in [0.4, 0.5) is 0 Å². The molecule has 0 aliphatic rings. The van der Waals surface area contributed by atoms with Crippen LogP contribution in [0.25, 0.3) is 0 Å². The van der Waals surface area contributed by atoms with Crippen molar-refractivity contribution < 1.29 is 0 Å². The number of aryl methyl sites for hydroxylation is 3. The highest BCUT2D eigenvalue weighted by Gasteiger charge is 2.17. The minimum atomic E-state index is 0.108. The molecule has 0 spiro atoms. The molecule has 2 aromatic heterocycles. The Morgan fingerprint density at radius 3 is 2.58 bits per heavy atom. The lowest BCUT2D eigenvalue weighted by molar-refractivity contribution is 0.666. The highest BCUT2D eigenvalue weighted by atomic mass is 15.1. The average Bonchev–Trinajstić information content (AvgIpc) is 2.40. The maximum absolute atomic E-state index is 4.30. The fourth-order valence-corrected chi connectivity index (χ4v) is 2.30. The second-order valence-electron chi connectivity index (χ2n) is 4.76. The van der Waals surface area contributed by atoms with E-state index in [1.807, 2.05) is 26.4 Å². The molecular formula is C15H20N4. The normalized spacial score (nSPS) is 12.4. The van der Waals surface area contributed by atoms with Gasteiger partial charge in [0.25, 0.3) is 0 Å². The lowest BCUT2D eigenvalue weighted by atomic mass is 9.97. The van der Waals surface area contributed by atoms with Crippen LogP contribution in [0.15, 0.2) is 24.5 Å².